The van der Waals surface area contributed by atoms with Crippen LogP contribution in [0, 0.1) is 5.92 Å². The summed E-state index contributed by atoms with van der Waals surface area (Å²) >= 11 is 6.73. The largest absolute Gasteiger partial charge is 0.498 e. The number of allylic oxidation sites excluding steroid dienone is 3. The molecule has 0 aromatic heterocycles. The van der Waals surface area contributed by atoms with Crippen molar-refractivity contribution in [1.82, 2.24) is 14.9 Å². The van der Waals surface area contributed by atoms with E-state index < -0.39 is 20.9 Å². The van der Waals surface area contributed by atoms with Crippen LogP contribution in [0.1, 0.15) is 45.4 Å². The van der Waals surface area contributed by atoms with Crippen molar-refractivity contribution in [3.8, 4) is 0 Å². The Morgan fingerprint density at radius 2 is 2.10 bits per heavy atom. The number of carbonyl (C=O) groups excluding carboxylic acids is 2. The molecule has 1 heterocycles. The number of nitrogens with one attached hydrogen (secondary N) is 2. The van der Waals surface area contributed by atoms with Crippen LogP contribution in [0.25, 0.3) is 0 Å². The van der Waals surface area contributed by atoms with Gasteiger partial charge in [-0.25, -0.2) is 17.9 Å². The number of halogens is 1. The third-order valence-corrected chi connectivity index (χ3v) is 7.71. The molecular formula is C20H30ClN3O5S. The van der Waals surface area contributed by atoms with Crippen molar-refractivity contribution in [2.45, 2.75) is 56.4 Å². The van der Waals surface area contributed by atoms with Gasteiger partial charge in [0.15, 0.2) is 0 Å². The fourth-order valence-corrected chi connectivity index (χ4v) is 5.24. The van der Waals surface area contributed by atoms with Crippen LogP contribution >= 0.6 is 11.6 Å². The first-order chi connectivity index (χ1) is 14.2. The van der Waals surface area contributed by atoms with Gasteiger partial charge in [0.25, 0.3) is 0 Å². The van der Waals surface area contributed by atoms with Gasteiger partial charge in [-0.2, -0.15) is 0 Å². The molecule has 0 aromatic carbocycles. The Labute approximate surface area is 183 Å². The highest BCUT2D eigenvalue weighted by atomic mass is 35.5. The van der Waals surface area contributed by atoms with Crippen LogP contribution in [-0.4, -0.2) is 61.6 Å². The summed E-state index contributed by atoms with van der Waals surface area (Å²) in [6, 6.07) is -0.876. The number of urea groups is 1. The summed E-state index contributed by atoms with van der Waals surface area (Å²) in [5.41, 5.74) is 0. The lowest BCUT2D eigenvalue weighted by Gasteiger charge is -2.33. The molecule has 3 amide bonds. The van der Waals surface area contributed by atoms with Gasteiger partial charge in [0, 0.05) is 19.0 Å². The predicted octanol–water partition coefficient (Wildman–Crippen LogP) is 2.26. The van der Waals surface area contributed by atoms with Crippen molar-refractivity contribution in [3.63, 3.8) is 0 Å². The Bertz CT molecular complexity index is 824. The number of nitrogens with zero attached hydrogens (tertiary/aromatic N) is 1. The molecule has 0 spiro atoms. The lowest BCUT2D eigenvalue weighted by Crippen LogP contribution is -2.47. The van der Waals surface area contributed by atoms with E-state index in [1.54, 1.807) is 6.92 Å². The van der Waals surface area contributed by atoms with Gasteiger partial charge in [-0.15, -0.1) is 11.6 Å². The van der Waals surface area contributed by atoms with Crippen LogP contribution in [0.4, 0.5) is 4.79 Å². The first kappa shape index (κ1) is 23.1. The molecule has 2 aliphatic carbocycles. The number of ether oxygens (including phenoxy) is 1. The first-order valence-corrected chi connectivity index (χ1v) is 12.5. The molecule has 10 heteroatoms. The Morgan fingerprint density at radius 1 is 1.33 bits per heavy atom. The van der Waals surface area contributed by atoms with Gasteiger partial charge in [-0.3, -0.25) is 10.1 Å². The maximum atomic E-state index is 12.5. The van der Waals surface area contributed by atoms with Gasteiger partial charge >= 0.3 is 6.03 Å². The monoisotopic (exact) mass is 459 g/mol. The number of unbranched alkanes of at least 4 members (excludes halogenated alkanes) is 2. The van der Waals surface area contributed by atoms with Crippen molar-refractivity contribution >= 4 is 33.6 Å². The van der Waals surface area contributed by atoms with Crippen molar-refractivity contribution < 1.29 is 22.7 Å². The summed E-state index contributed by atoms with van der Waals surface area (Å²) < 4.78 is 33.5. The van der Waals surface area contributed by atoms with E-state index in [4.69, 9.17) is 16.3 Å². The van der Waals surface area contributed by atoms with Gasteiger partial charge in [0.2, 0.25) is 15.9 Å². The topological polar surface area (TPSA) is 105 Å². The van der Waals surface area contributed by atoms with Gasteiger partial charge in [0.1, 0.15) is 6.54 Å². The minimum Gasteiger partial charge on any atom is -0.498 e. The smallest absolute Gasteiger partial charge is 0.324 e. The fraction of sp³-hybridized carbons (Fsp3) is 0.700. The van der Waals surface area contributed by atoms with Crippen LogP contribution in [0.3, 0.4) is 0 Å². The average Bonchev–Trinajstić information content (AvgIpc) is 3.43. The summed E-state index contributed by atoms with van der Waals surface area (Å²) in [5.74, 6) is 1.11. The van der Waals surface area contributed by atoms with E-state index >= 15 is 0 Å². The second-order valence-electron chi connectivity index (χ2n) is 8.34. The number of amides is 3. The van der Waals surface area contributed by atoms with Crippen LogP contribution in [0.15, 0.2) is 24.0 Å². The Kier molecular flexibility index (Phi) is 7.47. The summed E-state index contributed by atoms with van der Waals surface area (Å²) in [7, 11) is -3.50. The molecule has 1 saturated heterocycles. The van der Waals surface area contributed by atoms with Crippen LogP contribution in [-0.2, 0) is 19.6 Å². The highest BCUT2D eigenvalue weighted by molar-refractivity contribution is 7.89. The van der Waals surface area contributed by atoms with Gasteiger partial charge in [0.05, 0.1) is 23.0 Å². The predicted molar refractivity (Wildman–Crippen MR) is 114 cm³/mol. The second-order valence-corrected chi connectivity index (χ2v) is 10.9. The zero-order valence-corrected chi connectivity index (χ0v) is 18.8. The molecule has 168 valence electrons. The molecule has 8 nitrogen and oxygen atoms in total. The van der Waals surface area contributed by atoms with Crippen molar-refractivity contribution in [1.29, 1.82) is 0 Å². The number of hydrogen-bond donors (Lipinski definition) is 2. The van der Waals surface area contributed by atoms with Crippen molar-refractivity contribution in [2.75, 3.05) is 25.4 Å². The second kappa shape index (κ2) is 9.70. The number of alkyl halides is 1. The molecule has 0 bridgehead atoms. The number of sulfonamides is 1. The molecule has 3 rings (SSSR count). The molecule has 0 radical (unpaired) electrons. The Morgan fingerprint density at radius 3 is 2.77 bits per heavy atom. The van der Waals surface area contributed by atoms with E-state index in [1.807, 2.05) is 18.2 Å². The highest BCUT2D eigenvalue weighted by Gasteiger charge is 2.37. The van der Waals surface area contributed by atoms with Gasteiger partial charge in [-0.05, 0) is 44.6 Å². The van der Waals surface area contributed by atoms with Gasteiger partial charge < -0.3 is 9.64 Å². The molecule has 30 heavy (non-hydrogen) atoms. The normalized spacial score (nSPS) is 25.3. The Hall–Kier alpha value is -1.58. The van der Waals surface area contributed by atoms with E-state index in [0.717, 1.165) is 5.76 Å². The molecule has 1 saturated carbocycles. The first-order valence-electron chi connectivity index (χ1n) is 10.5. The van der Waals surface area contributed by atoms with Crippen molar-refractivity contribution in [3.05, 3.63) is 24.0 Å². The molecular weight excluding hydrogens is 430 g/mol. The number of rotatable bonds is 12. The minimum absolute atomic E-state index is 0.0139. The summed E-state index contributed by atoms with van der Waals surface area (Å²) in [5, 5.41) is 2.22. The number of hydrogen-bond acceptors (Lipinski definition) is 5. The minimum atomic E-state index is -3.50. The van der Waals surface area contributed by atoms with Crippen LogP contribution in [0.5, 0.6) is 0 Å². The number of carbonyl (C=O) groups is 2. The third-order valence-electron chi connectivity index (χ3n) is 5.59. The van der Waals surface area contributed by atoms with Crippen LogP contribution in [0.2, 0.25) is 0 Å². The van der Waals surface area contributed by atoms with E-state index in [-0.39, 0.29) is 24.2 Å². The summed E-state index contributed by atoms with van der Waals surface area (Å²) in [6.07, 6.45) is 10.1. The maximum absolute atomic E-state index is 12.5. The Balaban J connectivity index is 1.38. The molecule has 2 fully saturated rings. The summed E-state index contributed by atoms with van der Waals surface area (Å²) in [4.78, 5) is 23.2. The van der Waals surface area contributed by atoms with Gasteiger partial charge in [-0.1, -0.05) is 18.6 Å². The lowest BCUT2D eigenvalue weighted by atomic mass is 9.92. The van der Waals surface area contributed by atoms with Crippen LogP contribution < -0.4 is 10.0 Å². The highest BCUT2D eigenvalue weighted by Crippen LogP contribution is 2.36. The van der Waals surface area contributed by atoms with E-state index in [9.17, 15) is 18.0 Å². The SMILES string of the molecule is CC(NS(=O)(=O)CCCCCN1CC(=O)NC1=O)C1(Cl)C=CC=C(OCC2CC2)C1. The molecule has 3 aliphatic rings. The average molecular weight is 460 g/mol. The lowest BCUT2D eigenvalue weighted by molar-refractivity contribution is -0.118. The summed E-state index contributed by atoms with van der Waals surface area (Å²) in [6.45, 7) is 2.97. The molecule has 2 unspecified atom stereocenters. The fourth-order valence-electron chi connectivity index (χ4n) is 3.47. The quantitative estimate of drug-likeness (QED) is 0.264. The zero-order chi connectivity index (χ0) is 21.8. The third kappa shape index (κ3) is 6.72. The van der Waals surface area contributed by atoms with E-state index in [2.05, 4.69) is 10.0 Å². The molecule has 2 N–H and O–H groups in total. The number of imide groups is 1. The standard InChI is InChI=1S/C20H30ClN3O5S/c1-15(20(21)9-5-6-17(12-20)29-14-16-7-8-16)23-30(27,28)11-4-2-3-10-24-13-18(25)22-19(24)26/h5-6,9,15-16,23H,2-4,7-8,10-14H2,1H3,(H,22,25,26). The molecule has 1 aliphatic heterocycles. The van der Waals surface area contributed by atoms with E-state index in [1.165, 1.54) is 17.7 Å². The maximum Gasteiger partial charge on any atom is 0.324 e. The molecule has 0 aromatic rings. The van der Waals surface area contributed by atoms with E-state index in [0.29, 0.717) is 44.8 Å². The zero-order valence-electron chi connectivity index (χ0n) is 17.2. The molecule has 2 atom stereocenters. The van der Waals surface area contributed by atoms with Crippen molar-refractivity contribution in [2.24, 2.45) is 5.92 Å².